The summed E-state index contributed by atoms with van der Waals surface area (Å²) in [5.41, 5.74) is 0.382. The molecule has 2 aliphatic carbocycles. The summed E-state index contributed by atoms with van der Waals surface area (Å²) in [5, 5.41) is 0. The van der Waals surface area contributed by atoms with Crippen LogP contribution in [0.4, 0.5) is 9.59 Å². The molecule has 0 N–H and O–H groups in total. The molecule has 12 heteroatoms. The molecule has 2 fully saturated rings. The molecule has 4 rings (SSSR count). The highest BCUT2D eigenvalue weighted by Gasteiger charge is 2.30. The van der Waals surface area contributed by atoms with Crippen LogP contribution in [0.25, 0.3) is 0 Å². The maximum atomic E-state index is 12.2. The fourth-order valence-electron chi connectivity index (χ4n) is 5.75. The minimum absolute atomic E-state index is 0.191. The first kappa shape index (κ1) is 33.4. The van der Waals surface area contributed by atoms with Gasteiger partial charge in [-0.1, -0.05) is 12.1 Å². The fourth-order valence-corrected chi connectivity index (χ4v) is 5.75. The van der Waals surface area contributed by atoms with E-state index >= 15 is 0 Å². The molecule has 2 aromatic rings. The molecule has 2 aromatic carbocycles. The van der Waals surface area contributed by atoms with Gasteiger partial charge in [0, 0.05) is 0 Å². The van der Waals surface area contributed by atoms with E-state index in [0.717, 1.165) is 32.1 Å². The van der Waals surface area contributed by atoms with Crippen molar-refractivity contribution in [1.82, 2.24) is 0 Å². The molecule has 0 bridgehead atoms. The zero-order valence-corrected chi connectivity index (χ0v) is 25.6. The van der Waals surface area contributed by atoms with E-state index in [4.69, 9.17) is 18.9 Å². The SMILES string of the molecule is CCOc1cccc(C(=O)OOC(=O)OC2CCC(CC3CCC(OC(=O)OOC(=O)c4cccc(OCC)c4)CC3)CC2)c1. The van der Waals surface area contributed by atoms with Crippen molar-refractivity contribution in [2.24, 2.45) is 11.8 Å². The van der Waals surface area contributed by atoms with Crippen LogP contribution in [0.15, 0.2) is 48.5 Å². The third-order valence-electron chi connectivity index (χ3n) is 7.91. The molecule has 0 saturated heterocycles. The average Bonchev–Trinajstić information content (AvgIpc) is 3.05. The Kier molecular flexibility index (Phi) is 12.7. The minimum atomic E-state index is -1.05. The summed E-state index contributed by atoms with van der Waals surface area (Å²) in [7, 11) is 0. The second kappa shape index (κ2) is 17.1. The molecule has 0 radical (unpaired) electrons. The van der Waals surface area contributed by atoms with Crippen molar-refractivity contribution >= 4 is 24.2 Å². The topological polar surface area (TPSA) is 142 Å². The molecular weight excluding hydrogens is 588 g/mol. The second-order valence-corrected chi connectivity index (χ2v) is 11.1. The Hall–Kier alpha value is -4.48. The highest BCUT2D eigenvalue weighted by Crippen LogP contribution is 2.37. The average molecular weight is 629 g/mol. The lowest BCUT2D eigenvalue weighted by molar-refractivity contribution is -0.208. The maximum absolute atomic E-state index is 12.2. The van der Waals surface area contributed by atoms with Crippen LogP contribution in [0.1, 0.15) is 92.4 Å². The predicted molar refractivity (Wildman–Crippen MR) is 157 cm³/mol. The first-order valence-corrected chi connectivity index (χ1v) is 15.5. The number of ether oxygens (including phenoxy) is 4. The Morgan fingerprint density at radius 3 is 1.36 bits per heavy atom. The number of rotatable bonds is 10. The third kappa shape index (κ3) is 10.9. The summed E-state index contributed by atoms with van der Waals surface area (Å²) in [5.74, 6) is 0.381. The van der Waals surface area contributed by atoms with Crippen LogP contribution in [-0.2, 0) is 29.0 Å². The van der Waals surface area contributed by atoms with Crippen molar-refractivity contribution in [3.8, 4) is 11.5 Å². The zero-order valence-electron chi connectivity index (χ0n) is 25.6. The molecule has 0 spiro atoms. The van der Waals surface area contributed by atoms with E-state index in [1.807, 2.05) is 13.8 Å². The van der Waals surface area contributed by atoms with Gasteiger partial charge in [0.25, 0.3) is 0 Å². The summed E-state index contributed by atoms with van der Waals surface area (Å²) < 4.78 is 21.4. The van der Waals surface area contributed by atoms with Crippen molar-refractivity contribution in [3.05, 3.63) is 59.7 Å². The summed E-state index contributed by atoms with van der Waals surface area (Å²) in [6.07, 6.45) is 4.77. The summed E-state index contributed by atoms with van der Waals surface area (Å²) in [4.78, 5) is 66.9. The van der Waals surface area contributed by atoms with Crippen molar-refractivity contribution in [2.45, 2.75) is 83.8 Å². The van der Waals surface area contributed by atoms with Gasteiger partial charge in [0.2, 0.25) is 0 Å². The Morgan fingerprint density at radius 2 is 0.978 bits per heavy atom. The summed E-state index contributed by atoms with van der Waals surface area (Å²) in [6.45, 7) is 4.56. The second-order valence-electron chi connectivity index (χ2n) is 11.1. The van der Waals surface area contributed by atoms with Gasteiger partial charge in [0.15, 0.2) is 0 Å². The number of carbonyl (C=O) groups is 4. The van der Waals surface area contributed by atoms with Crippen molar-refractivity contribution in [1.29, 1.82) is 0 Å². The molecule has 0 amide bonds. The molecule has 0 aromatic heterocycles. The van der Waals surface area contributed by atoms with Crippen LogP contribution in [0.3, 0.4) is 0 Å². The van der Waals surface area contributed by atoms with Gasteiger partial charge in [-0.05, 0) is 120 Å². The van der Waals surface area contributed by atoms with E-state index in [1.54, 1.807) is 24.3 Å². The zero-order chi connectivity index (χ0) is 32.0. The van der Waals surface area contributed by atoms with Gasteiger partial charge >= 0.3 is 24.2 Å². The van der Waals surface area contributed by atoms with Gasteiger partial charge in [-0.2, -0.15) is 9.59 Å². The van der Waals surface area contributed by atoms with Crippen LogP contribution in [-0.4, -0.2) is 49.7 Å². The van der Waals surface area contributed by atoms with E-state index in [9.17, 15) is 19.2 Å². The number of benzene rings is 2. The highest BCUT2D eigenvalue weighted by molar-refractivity contribution is 5.90. The standard InChI is InChI=1S/C33H40O12/c1-3-38-28-9-5-7-24(20-28)30(34)42-44-32(36)40-26-15-11-22(12-16-26)19-23-13-17-27(18-14-23)41-33(37)45-43-31(35)25-8-6-10-29(21-25)39-4-2/h5-10,20-23,26-27H,3-4,11-19H2,1-2H3. The quantitative estimate of drug-likeness (QED) is 0.150. The van der Waals surface area contributed by atoms with Gasteiger partial charge < -0.3 is 18.9 Å². The minimum Gasteiger partial charge on any atom is -0.494 e. The molecule has 0 unspecified atom stereocenters. The molecule has 244 valence electrons. The molecule has 0 atom stereocenters. The van der Waals surface area contributed by atoms with Gasteiger partial charge in [0.05, 0.1) is 24.3 Å². The van der Waals surface area contributed by atoms with E-state index in [1.165, 1.54) is 24.3 Å². The normalized spacial score (nSPS) is 21.0. The van der Waals surface area contributed by atoms with Crippen LogP contribution in [0.2, 0.25) is 0 Å². The Labute approximate surface area is 262 Å². The fraction of sp³-hybridized carbons (Fsp3) is 0.515. The molecule has 2 aliphatic rings. The van der Waals surface area contributed by atoms with Crippen LogP contribution < -0.4 is 9.47 Å². The molecule has 2 saturated carbocycles. The number of hydrogen-bond donors (Lipinski definition) is 0. The van der Waals surface area contributed by atoms with Crippen LogP contribution in [0, 0.1) is 11.8 Å². The largest absolute Gasteiger partial charge is 0.550 e. The highest BCUT2D eigenvalue weighted by atomic mass is 17.2. The molecule has 0 aliphatic heterocycles. The number of hydrogen-bond acceptors (Lipinski definition) is 12. The molecule has 0 heterocycles. The smallest absolute Gasteiger partial charge is 0.494 e. The van der Waals surface area contributed by atoms with E-state index in [-0.39, 0.29) is 23.3 Å². The lowest BCUT2D eigenvalue weighted by Crippen LogP contribution is -2.28. The Morgan fingerprint density at radius 1 is 0.578 bits per heavy atom. The van der Waals surface area contributed by atoms with Crippen molar-refractivity contribution < 1.29 is 57.7 Å². The Bertz CT molecular complexity index is 1180. The summed E-state index contributed by atoms with van der Waals surface area (Å²) >= 11 is 0. The van der Waals surface area contributed by atoms with Gasteiger partial charge in [-0.25, -0.2) is 29.1 Å². The van der Waals surface area contributed by atoms with Gasteiger partial charge in [-0.15, -0.1) is 0 Å². The monoisotopic (exact) mass is 628 g/mol. The lowest BCUT2D eigenvalue weighted by Gasteiger charge is -2.33. The molecular formula is C33H40O12. The maximum Gasteiger partial charge on any atom is 0.550 e. The Balaban J connectivity index is 1.07. The third-order valence-corrected chi connectivity index (χ3v) is 7.91. The summed E-state index contributed by atoms with van der Waals surface area (Å²) in [6, 6.07) is 12.8. The lowest BCUT2D eigenvalue weighted by atomic mass is 9.76. The molecule has 45 heavy (non-hydrogen) atoms. The predicted octanol–water partition coefficient (Wildman–Crippen LogP) is 7.14. The van der Waals surface area contributed by atoms with E-state index in [2.05, 4.69) is 19.6 Å². The van der Waals surface area contributed by atoms with Crippen LogP contribution >= 0.6 is 0 Å². The van der Waals surface area contributed by atoms with Crippen molar-refractivity contribution in [2.75, 3.05) is 13.2 Å². The van der Waals surface area contributed by atoms with Crippen LogP contribution in [0.5, 0.6) is 11.5 Å². The first-order valence-electron chi connectivity index (χ1n) is 15.5. The van der Waals surface area contributed by atoms with E-state index in [0.29, 0.717) is 62.2 Å². The van der Waals surface area contributed by atoms with Gasteiger partial charge in [-0.3, -0.25) is 0 Å². The van der Waals surface area contributed by atoms with Crippen molar-refractivity contribution in [3.63, 3.8) is 0 Å². The number of carbonyl (C=O) groups excluding carboxylic acids is 4. The molecule has 12 nitrogen and oxygen atoms in total. The first-order chi connectivity index (χ1) is 21.8. The van der Waals surface area contributed by atoms with Gasteiger partial charge in [0.1, 0.15) is 23.7 Å². The van der Waals surface area contributed by atoms with E-state index < -0.39 is 24.2 Å².